The van der Waals surface area contributed by atoms with E-state index in [-0.39, 0.29) is 11.9 Å². The molecule has 2 heterocycles. The van der Waals surface area contributed by atoms with Gasteiger partial charge in [0.1, 0.15) is 6.33 Å². The Balaban J connectivity index is 1.77. The van der Waals surface area contributed by atoms with Gasteiger partial charge in [0.05, 0.1) is 0 Å². The number of aryl methyl sites for hydroxylation is 2. The third-order valence-electron chi connectivity index (χ3n) is 4.36. The molecular formula is C16H23N5O. The highest BCUT2D eigenvalue weighted by Crippen LogP contribution is 2.29. The second-order valence-electron chi connectivity index (χ2n) is 6.36. The van der Waals surface area contributed by atoms with Crippen molar-refractivity contribution in [1.29, 1.82) is 0 Å². The highest BCUT2D eigenvalue weighted by Gasteiger charge is 2.33. The van der Waals surface area contributed by atoms with Gasteiger partial charge < -0.3 is 4.90 Å². The van der Waals surface area contributed by atoms with Gasteiger partial charge in [-0.1, -0.05) is 0 Å². The molecule has 1 aliphatic rings. The summed E-state index contributed by atoms with van der Waals surface area (Å²) in [7, 11) is 0. The maximum absolute atomic E-state index is 12.5. The summed E-state index contributed by atoms with van der Waals surface area (Å²) in [4.78, 5) is 23.2. The van der Waals surface area contributed by atoms with Crippen LogP contribution in [-0.4, -0.2) is 42.5 Å². The predicted octanol–water partition coefficient (Wildman–Crippen LogP) is 2.07. The van der Waals surface area contributed by atoms with Gasteiger partial charge >= 0.3 is 0 Å². The molecule has 0 radical (unpaired) electrons. The van der Waals surface area contributed by atoms with Crippen LogP contribution in [0.2, 0.25) is 0 Å². The maximum atomic E-state index is 12.5. The Kier molecular flexibility index (Phi) is 3.85. The zero-order valence-corrected chi connectivity index (χ0v) is 13.7. The molecule has 1 amide bonds. The summed E-state index contributed by atoms with van der Waals surface area (Å²) >= 11 is 0. The van der Waals surface area contributed by atoms with E-state index in [0.717, 1.165) is 29.8 Å². The van der Waals surface area contributed by atoms with Crippen LogP contribution in [0.3, 0.4) is 0 Å². The van der Waals surface area contributed by atoms with Gasteiger partial charge in [-0.05, 0) is 52.5 Å². The number of carbonyl (C=O) groups excluding carboxylic acids is 1. The van der Waals surface area contributed by atoms with Crippen molar-refractivity contribution in [2.45, 2.75) is 65.5 Å². The van der Waals surface area contributed by atoms with Gasteiger partial charge in [0.15, 0.2) is 0 Å². The zero-order chi connectivity index (χ0) is 15.9. The molecule has 0 aromatic carbocycles. The van der Waals surface area contributed by atoms with Crippen molar-refractivity contribution in [2.24, 2.45) is 0 Å². The minimum Gasteiger partial charge on any atom is -0.337 e. The summed E-state index contributed by atoms with van der Waals surface area (Å²) in [5.41, 5.74) is 3.06. The molecule has 118 valence electrons. The topological polar surface area (TPSA) is 63.4 Å². The van der Waals surface area contributed by atoms with Crippen molar-refractivity contribution < 1.29 is 4.79 Å². The van der Waals surface area contributed by atoms with Gasteiger partial charge in [-0.25, -0.2) is 9.50 Å². The standard InChI is InChI=1S/C16H23N5O/c1-10(2)20(13-5-6-13)15(22)8-7-14-11(3)19-16-17-9-18-21(16)12(14)4/h9-10,13H,5-8H2,1-4H3. The van der Waals surface area contributed by atoms with Gasteiger partial charge in [-0.15, -0.1) is 0 Å². The Morgan fingerprint density at radius 3 is 2.77 bits per heavy atom. The van der Waals surface area contributed by atoms with Crippen LogP contribution in [0.25, 0.3) is 5.78 Å². The summed E-state index contributed by atoms with van der Waals surface area (Å²) in [6, 6.07) is 0.740. The first kappa shape index (κ1) is 14.9. The Bertz CT molecular complexity index is 700. The molecule has 2 aromatic rings. The Hall–Kier alpha value is -1.98. The van der Waals surface area contributed by atoms with Crippen LogP contribution in [0.5, 0.6) is 0 Å². The third kappa shape index (κ3) is 2.69. The summed E-state index contributed by atoms with van der Waals surface area (Å²) < 4.78 is 1.74. The van der Waals surface area contributed by atoms with E-state index in [1.165, 1.54) is 6.33 Å². The number of amides is 1. The lowest BCUT2D eigenvalue weighted by atomic mass is 10.1. The van der Waals surface area contributed by atoms with Crippen LogP contribution < -0.4 is 0 Å². The van der Waals surface area contributed by atoms with E-state index < -0.39 is 0 Å². The SMILES string of the molecule is Cc1nc2ncnn2c(C)c1CCC(=O)N(C(C)C)C1CC1. The molecule has 1 aliphatic carbocycles. The average molecular weight is 301 g/mol. The molecule has 2 aromatic heterocycles. The van der Waals surface area contributed by atoms with E-state index in [0.29, 0.717) is 24.7 Å². The molecule has 22 heavy (non-hydrogen) atoms. The number of nitrogens with zero attached hydrogens (tertiary/aromatic N) is 5. The van der Waals surface area contributed by atoms with Crippen LogP contribution in [0, 0.1) is 13.8 Å². The quantitative estimate of drug-likeness (QED) is 0.848. The highest BCUT2D eigenvalue weighted by molar-refractivity contribution is 5.77. The van der Waals surface area contributed by atoms with Gasteiger partial charge in [-0.2, -0.15) is 10.1 Å². The molecule has 0 unspecified atom stereocenters. The lowest BCUT2D eigenvalue weighted by Crippen LogP contribution is -2.38. The van der Waals surface area contributed by atoms with E-state index in [1.807, 2.05) is 18.7 Å². The summed E-state index contributed by atoms with van der Waals surface area (Å²) in [5, 5.41) is 4.20. The molecule has 0 atom stereocenters. The van der Waals surface area contributed by atoms with Crippen LogP contribution in [0.15, 0.2) is 6.33 Å². The van der Waals surface area contributed by atoms with E-state index in [1.54, 1.807) is 4.52 Å². The van der Waals surface area contributed by atoms with E-state index in [2.05, 4.69) is 28.9 Å². The molecule has 1 saturated carbocycles. The number of hydrogen-bond donors (Lipinski definition) is 0. The van der Waals surface area contributed by atoms with E-state index >= 15 is 0 Å². The fourth-order valence-electron chi connectivity index (χ4n) is 3.14. The Labute approximate surface area is 130 Å². The zero-order valence-electron chi connectivity index (χ0n) is 13.7. The molecule has 0 bridgehead atoms. The van der Waals surface area contributed by atoms with Crippen LogP contribution in [0.1, 0.15) is 50.1 Å². The number of rotatable bonds is 5. The second-order valence-corrected chi connectivity index (χ2v) is 6.36. The highest BCUT2D eigenvalue weighted by atomic mass is 16.2. The smallest absolute Gasteiger partial charge is 0.252 e. The lowest BCUT2D eigenvalue weighted by Gasteiger charge is -2.27. The molecule has 3 rings (SSSR count). The van der Waals surface area contributed by atoms with Crippen LogP contribution in [0.4, 0.5) is 0 Å². The van der Waals surface area contributed by atoms with Gasteiger partial charge in [0.25, 0.3) is 5.78 Å². The number of fused-ring (bicyclic) bond motifs is 1. The van der Waals surface area contributed by atoms with Gasteiger partial charge in [-0.3, -0.25) is 4.79 Å². The number of hydrogen-bond acceptors (Lipinski definition) is 4. The Morgan fingerprint density at radius 2 is 2.14 bits per heavy atom. The average Bonchev–Trinajstić information content (AvgIpc) is 3.15. The van der Waals surface area contributed by atoms with Gasteiger partial charge in [0.2, 0.25) is 5.91 Å². The molecule has 0 saturated heterocycles. The van der Waals surface area contributed by atoms with Crippen molar-refractivity contribution in [3.63, 3.8) is 0 Å². The molecule has 0 aliphatic heterocycles. The fourth-order valence-corrected chi connectivity index (χ4v) is 3.14. The van der Waals surface area contributed by atoms with Crippen molar-refractivity contribution in [3.8, 4) is 0 Å². The lowest BCUT2D eigenvalue weighted by molar-refractivity contribution is -0.133. The summed E-state index contributed by atoms with van der Waals surface area (Å²) in [6.07, 6.45) is 5.04. The van der Waals surface area contributed by atoms with E-state index in [4.69, 9.17) is 0 Å². The Morgan fingerprint density at radius 1 is 1.41 bits per heavy atom. The largest absolute Gasteiger partial charge is 0.337 e. The monoisotopic (exact) mass is 301 g/mol. The summed E-state index contributed by atoms with van der Waals surface area (Å²) in [5.74, 6) is 0.863. The maximum Gasteiger partial charge on any atom is 0.252 e. The van der Waals surface area contributed by atoms with Crippen LogP contribution in [-0.2, 0) is 11.2 Å². The van der Waals surface area contributed by atoms with Crippen molar-refractivity contribution in [2.75, 3.05) is 0 Å². The van der Waals surface area contributed by atoms with Crippen molar-refractivity contribution in [3.05, 3.63) is 23.3 Å². The normalized spacial score (nSPS) is 14.8. The molecular weight excluding hydrogens is 278 g/mol. The van der Waals surface area contributed by atoms with Crippen molar-refractivity contribution >= 4 is 11.7 Å². The molecule has 6 heteroatoms. The number of carbonyl (C=O) groups is 1. The van der Waals surface area contributed by atoms with E-state index in [9.17, 15) is 4.79 Å². The number of aromatic nitrogens is 4. The third-order valence-corrected chi connectivity index (χ3v) is 4.36. The minimum absolute atomic E-state index is 0.245. The van der Waals surface area contributed by atoms with Crippen LogP contribution >= 0.6 is 0 Å². The predicted molar refractivity (Wildman–Crippen MR) is 83.6 cm³/mol. The van der Waals surface area contributed by atoms with Gasteiger partial charge in [0, 0.05) is 29.9 Å². The first-order chi connectivity index (χ1) is 10.5. The molecule has 0 N–H and O–H groups in total. The second kappa shape index (κ2) is 5.66. The molecule has 1 fully saturated rings. The fraction of sp³-hybridized carbons (Fsp3) is 0.625. The first-order valence-corrected chi connectivity index (χ1v) is 7.96. The summed E-state index contributed by atoms with van der Waals surface area (Å²) in [6.45, 7) is 8.17. The first-order valence-electron chi connectivity index (χ1n) is 7.96. The molecule has 0 spiro atoms. The molecule has 6 nitrogen and oxygen atoms in total. The van der Waals surface area contributed by atoms with Crippen molar-refractivity contribution in [1.82, 2.24) is 24.5 Å². The minimum atomic E-state index is 0.245.